The molecule has 0 aliphatic rings. The van der Waals surface area contributed by atoms with Crippen molar-refractivity contribution in [3.63, 3.8) is 0 Å². The summed E-state index contributed by atoms with van der Waals surface area (Å²) in [6.07, 6.45) is -3.51. The summed E-state index contributed by atoms with van der Waals surface area (Å²) in [4.78, 5) is 2.76. The molecule has 0 unspecified atom stereocenters. The molecule has 0 aliphatic heterocycles. The molecule has 1 N–H and O–H groups in total. The lowest BCUT2D eigenvalue weighted by molar-refractivity contribution is -0.139. The molecule has 4 nitrogen and oxygen atoms in total. The van der Waals surface area contributed by atoms with E-state index in [2.05, 4.69) is 4.98 Å². The Kier molecular flexibility index (Phi) is 3.94. The van der Waals surface area contributed by atoms with Gasteiger partial charge in [0.25, 0.3) is 10.0 Å². The lowest BCUT2D eigenvalue weighted by Gasteiger charge is -2.13. The van der Waals surface area contributed by atoms with E-state index in [0.29, 0.717) is 6.07 Å². The fourth-order valence-corrected chi connectivity index (χ4v) is 3.57. The largest absolute Gasteiger partial charge is 0.417 e. The SMILES string of the molecule is O=S(=O)(Nc1nccs1)c1ccc(Cl)cc1C(F)(F)F. The zero-order chi connectivity index (χ0) is 15.0. The second-order valence-corrected chi connectivity index (χ2v) is 6.56. The van der Waals surface area contributed by atoms with E-state index in [9.17, 15) is 21.6 Å². The zero-order valence-electron chi connectivity index (χ0n) is 9.48. The van der Waals surface area contributed by atoms with E-state index < -0.39 is 26.7 Å². The molecule has 0 saturated heterocycles. The van der Waals surface area contributed by atoms with E-state index >= 15 is 0 Å². The molecule has 2 rings (SSSR count). The van der Waals surface area contributed by atoms with Crippen LogP contribution in [0.3, 0.4) is 0 Å². The van der Waals surface area contributed by atoms with E-state index in [1.807, 2.05) is 4.72 Å². The van der Waals surface area contributed by atoms with Crippen molar-refractivity contribution >= 4 is 38.1 Å². The average molecular weight is 343 g/mol. The number of nitrogens with zero attached hydrogens (tertiary/aromatic N) is 1. The topological polar surface area (TPSA) is 59.1 Å². The maximum Gasteiger partial charge on any atom is 0.417 e. The summed E-state index contributed by atoms with van der Waals surface area (Å²) in [7, 11) is -4.39. The first-order valence-corrected chi connectivity index (χ1v) is 7.73. The van der Waals surface area contributed by atoms with Crippen LogP contribution < -0.4 is 4.72 Å². The summed E-state index contributed by atoms with van der Waals surface area (Å²) in [5.74, 6) is 0. The first-order valence-electron chi connectivity index (χ1n) is 4.99. The fourth-order valence-electron chi connectivity index (χ4n) is 1.40. The number of rotatable bonds is 3. The van der Waals surface area contributed by atoms with Gasteiger partial charge in [-0.15, -0.1) is 11.3 Å². The van der Waals surface area contributed by atoms with Gasteiger partial charge >= 0.3 is 6.18 Å². The van der Waals surface area contributed by atoms with Gasteiger partial charge in [-0.2, -0.15) is 13.2 Å². The normalized spacial score (nSPS) is 12.4. The first kappa shape index (κ1) is 15.1. The minimum Gasteiger partial charge on any atom is -0.255 e. The number of aromatic nitrogens is 1. The number of nitrogens with one attached hydrogen (secondary N) is 1. The van der Waals surface area contributed by atoms with Gasteiger partial charge in [-0.25, -0.2) is 13.4 Å². The van der Waals surface area contributed by atoms with Crippen molar-refractivity contribution in [2.45, 2.75) is 11.1 Å². The number of alkyl halides is 3. The van der Waals surface area contributed by atoms with Gasteiger partial charge in [0, 0.05) is 16.6 Å². The summed E-state index contributed by atoms with van der Waals surface area (Å²) < 4.78 is 64.6. The predicted molar refractivity (Wildman–Crippen MR) is 69.4 cm³/mol. The van der Waals surface area contributed by atoms with Crippen LogP contribution in [-0.4, -0.2) is 13.4 Å². The van der Waals surface area contributed by atoms with Gasteiger partial charge in [-0.3, -0.25) is 4.72 Å². The van der Waals surface area contributed by atoms with E-state index in [1.165, 1.54) is 11.6 Å². The predicted octanol–water partition coefficient (Wildman–Crippen LogP) is 3.62. The number of halogens is 4. The highest BCUT2D eigenvalue weighted by molar-refractivity contribution is 7.93. The van der Waals surface area contributed by atoms with Crippen LogP contribution in [0.2, 0.25) is 5.02 Å². The van der Waals surface area contributed by atoms with Crippen molar-refractivity contribution < 1.29 is 21.6 Å². The molecule has 108 valence electrons. The van der Waals surface area contributed by atoms with Gasteiger partial charge in [0.05, 0.1) is 10.5 Å². The zero-order valence-corrected chi connectivity index (χ0v) is 11.9. The first-order chi connectivity index (χ1) is 9.20. The average Bonchev–Trinajstić information content (AvgIpc) is 2.79. The van der Waals surface area contributed by atoms with Crippen LogP contribution in [0.25, 0.3) is 0 Å². The molecule has 0 spiro atoms. The van der Waals surface area contributed by atoms with Crippen LogP contribution >= 0.6 is 22.9 Å². The standard InChI is InChI=1S/C10H6ClF3N2O2S2/c11-6-1-2-8(7(5-6)10(12,13)14)20(17,18)16-9-15-3-4-19-9/h1-5H,(H,15,16). The molecule has 0 radical (unpaired) electrons. The molecular formula is C10H6ClF3N2O2S2. The highest BCUT2D eigenvalue weighted by Crippen LogP contribution is 2.36. The Morgan fingerprint density at radius 1 is 1.30 bits per heavy atom. The van der Waals surface area contributed by atoms with Gasteiger partial charge in [0.2, 0.25) is 0 Å². The summed E-state index contributed by atoms with van der Waals surface area (Å²) >= 11 is 6.44. The molecular weight excluding hydrogens is 337 g/mol. The summed E-state index contributed by atoms with van der Waals surface area (Å²) in [6.45, 7) is 0. The van der Waals surface area contributed by atoms with Crippen LogP contribution in [0, 0.1) is 0 Å². The number of hydrogen-bond acceptors (Lipinski definition) is 4. The summed E-state index contributed by atoms with van der Waals surface area (Å²) in [6, 6.07) is 2.45. The second-order valence-electron chi connectivity index (χ2n) is 3.58. The van der Waals surface area contributed by atoms with Crippen LogP contribution in [0.4, 0.5) is 18.3 Å². The fraction of sp³-hybridized carbons (Fsp3) is 0.100. The minimum atomic E-state index is -4.84. The summed E-state index contributed by atoms with van der Waals surface area (Å²) in [5.41, 5.74) is -1.32. The Balaban J connectivity index is 2.52. The van der Waals surface area contributed by atoms with E-state index in [0.717, 1.165) is 23.5 Å². The van der Waals surface area contributed by atoms with E-state index in [4.69, 9.17) is 11.6 Å². The molecule has 1 heterocycles. The Morgan fingerprint density at radius 3 is 2.55 bits per heavy atom. The van der Waals surface area contributed by atoms with Gasteiger partial charge in [0.15, 0.2) is 5.13 Å². The molecule has 0 saturated carbocycles. The summed E-state index contributed by atoms with van der Waals surface area (Å²) in [5, 5.41) is 1.27. The van der Waals surface area contributed by atoms with Crippen molar-refractivity contribution in [3.8, 4) is 0 Å². The molecule has 1 aromatic carbocycles. The molecule has 0 amide bonds. The van der Waals surface area contributed by atoms with Crippen molar-refractivity contribution in [1.29, 1.82) is 0 Å². The Hall–Kier alpha value is -1.32. The third kappa shape index (κ3) is 3.22. The molecule has 1 aromatic heterocycles. The van der Waals surface area contributed by atoms with Gasteiger partial charge in [-0.1, -0.05) is 11.6 Å². The third-order valence-corrected chi connectivity index (χ3v) is 4.64. The molecule has 20 heavy (non-hydrogen) atoms. The Morgan fingerprint density at radius 2 is 2.00 bits per heavy atom. The lowest BCUT2D eigenvalue weighted by Crippen LogP contribution is -2.18. The molecule has 2 aromatic rings. The Labute approximate surface area is 121 Å². The smallest absolute Gasteiger partial charge is 0.255 e. The van der Waals surface area contributed by atoms with Crippen molar-refractivity contribution in [2.24, 2.45) is 0 Å². The van der Waals surface area contributed by atoms with Gasteiger partial charge in [-0.05, 0) is 18.2 Å². The Bertz CT molecular complexity index is 715. The van der Waals surface area contributed by atoms with Gasteiger partial charge < -0.3 is 0 Å². The number of anilines is 1. The second kappa shape index (κ2) is 5.23. The van der Waals surface area contributed by atoms with Crippen LogP contribution in [0.1, 0.15) is 5.56 Å². The van der Waals surface area contributed by atoms with E-state index in [1.54, 1.807) is 0 Å². The van der Waals surface area contributed by atoms with Crippen molar-refractivity contribution in [1.82, 2.24) is 4.98 Å². The third-order valence-electron chi connectivity index (χ3n) is 2.19. The number of hydrogen-bond donors (Lipinski definition) is 1. The van der Waals surface area contributed by atoms with Crippen LogP contribution in [0.5, 0.6) is 0 Å². The molecule has 0 aliphatic carbocycles. The number of sulfonamides is 1. The monoisotopic (exact) mass is 342 g/mol. The maximum absolute atomic E-state index is 12.9. The highest BCUT2D eigenvalue weighted by atomic mass is 35.5. The van der Waals surface area contributed by atoms with Crippen LogP contribution in [0.15, 0.2) is 34.7 Å². The molecule has 0 fully saturated rings. The highest BCUT2D eigenvalue weighted by Gasteiger charge is 2.37. The maximum atomic E-state index is 12.9. The quantitative estimate of drug-likeness (QED) is 0.926. The number of benzene rings is 1. The van der Waals surface area contributed by atoms with Crippen molar-refractivity contribution in [2.75, 3.05) is 4.72 Å². The van der Waals surface area contributed by atoms with Crippen molar-refractivity contribution in [3.05, 3.63) is 40.4 Å². The van der Waals surface area contributed by atoms with E-state index in [-0.39, 0.29) is 10.2 Å². The molecule has 10 heteroatoms. The molecule has 0 atom stereocenters. The van der Waals surface area contributed by atoms with Crippen LogP contribution in [-0.2, 0) is 16.2 Å². The molecule has 0 bridgehead atoms. The van der Waals surface area contributed by atoms with Gasteiger partial charge in [0.1, 0.15) is 0 Å². The minimum absolute atomic E-state index is 0.0203. The number of thiazole rings is 1. The lowest BCUT2D eigenvalue weighted by atomic mass is 10.2.